The second-order valence-corrected chi connectivity index (χ2v) is 7.94. The number of aromatic nitrogens is 2. The normalized spacial score (nSPS) is 10.8. The minimum absolute atomic E-state index is 0.0952. The maximum Gasteiger partial charge on any atom is 0.221 e. The van der Waals surface area contributed by atoms with Gasteiger partial charge in [0, 0.05) is 29.6 Å². The molecule has 0 radical (unpaired) electrons. The predicted octanol–water partition coefficient (Wildman–Crippen LogP) is 5.55. The molecule has 4 rings (SSSR count). The van der Waals surface area contributed by atoms with E-state index in [1.165, 1.54) is 17.4 Å². The van der Waals surface area contributed by atoms with Crippen LogP contribution in [0, 0.1) is 0 Å². The van der Waals surface area contributed by atoms with Crippen molar-refractivity contribution in [2.75, 3.05) is 10.6 Å². The van der Waals surface area contributed by atoms with Gasteiger partial charge in [-0.2, -0.15) is 0 Å². The van der Waals surface area contributed by atoms with E-state index in [9.17, 15) is 4.79 Å². The number of nitrogens with one attached hydrogen (secondary N) is 2. The van der Waals surface area contributed by atoms with Crippen LogP contribution in [0.15, 0.2) is 60.7 Å². The first-order valence-electron chi connectivity index (χ1n) is 9.58. The molecule has 0 saturated carbocycles. The zero-order valence-corrected chi connectivity index (χ0v) is 17.2. The van der Waals surface area contributed by atoms with Crippen LogP contribution >= 0.6 is 11.3 Å². The number of hydrogen-bond acceptors (Lipinski definition) is 5. The van der Waals surface area contributed by atoms with Crippen LogP contribution < -0.4 is 10.6 Å². The summed E-state index contributed by atoms with van der Waals surface area (Å²) in [5.41, 5.74) is 2.79. The highest BCUT2D eigenvalue weighted by Crippen LogP contribution is 2.32. The van der Waals surface area contributed by atoms with Gasteiger partial charge in [-0.25, -0.2) is 9.97 Å². The number of carbonyl (C=O) groups is 1. The molecule has 2 aromatic carbocycles. The number of anilines is 3. The van der Waals surface area contributed by atoms with Crippen LogP contribution in [0.4, 0.5) is 17.2 Å². The molecule has 1 amide bonds. The SMILES string of the molecule is CCc1cc2c(Nc3cccc(NC(C)=O)c3)nc(Cc3ccccc3)nc2s1. The van der Waals surface area contributed by atoms with E-state index in [1.54, 1.807) is 11.3 Å². The summed E-state index contributed by atoms with van der Waals surface area (Å²) in [4.78, 5) is 23.3. The summed E-state index contributed by atoms with van der Waals surface area (Å²) in [6.45, 7) is 3.65. The third-order valence-corrected chi connectivity index (χ3v) is 5.66. The maximum atomic E-state index is 11.4. The highest BCUT2D eigenvalue weighted by molar-refractivity contribution is 7.18. The van der Waals surface area contributed by atoms with E-state index in [0.717, 1.165) is 39.7 Å². The monoisotopic (exact) mass is 402 g/mol. The lowest BCUT2D eigenvalue weighted by atomic mass is 10.1. The van der Waals surface area contributed by atoms with Crippen molar-refractivity contribution in [3.05, 3.63) is 76.9 Å². The number of nitrogens with zero attached hydrogens (tertiary/aromatic N) is 2. The molecule has 2 aromatic heterocycles. The van der Waals surface area contributed by atoms with E-state index < -0.39 is 0 Å². The summed E-state index contributed by atoms with van der Waals surface area (Å²) in [5, 5.41) is 7.27. The molecule has 0 fully saturated rings. The summed E-state index contributed by atoms with van der Waals surface area (Å²) >= 11 is 1.71. The van der Waals surface area contributed by atoms with Crippen molar-refractivity contribution >= 4 is 44.7 Å². The van der Waals surface area contributed by atoms with Crippen molar-refractivity contribution in [3.8, 4) is 0 Å². The van der Waals surface area contributed by atoms with E-state index in [2.05, 4.69) is 35.8 Å². The van der Waals surface area contributed by atoms with Crippen LogP contribution in [-0.2, 0) is 17.6 Å². The van der Waals surface area contributed by atoms with Crippen molar-refractivity contribution in [2.24, 2.45) is 0 Å². The fraction of sp³-hybridized carbons (Fsp3) is 0.174. The van der Waals surface area contributed by atoms with Gasteiger partial charge in [0.25, 0.3) is 0 Å². The Hall–Kier alpha value is -3.25. The average molecular weight is 403 g/mol. The molecule has 5 nitrogen and oxygen atoms in total. The Morgan fingerprint density at radius 2 is 1.79 bits per heavy atom. The highest BCUT2D eigenvalue weighted by Gasteiger charge is 2.12. The molecule has 0 saturated heterocycles. The molecular weight excluding hydrogens is 380 g/mol. The van der Waals surface area contributed by atoms with Gasteiger partial charge in [-0.15, -0.1) is 11.3 Å². The van der Waals surface area contributed by atoms with Gasteiger partial charge in [-0.05, 0) is 36.2 Å². The van der Waals surface area contributed by atoms with Gasteiger partial charge in [0.15, 0.2) is 0 Å². The Morgan fingerprint density at radius 1 is 1.00 bits per heavy atom. The Balaban J connectivity index is 1.71. The molecule has 0 aliphatic heterocycles. The minimum Gasteiger partial charge on any atom is -0.340 e. The van der Waals surface area contributed by atoms with Crippen LogP contribution in [0.25, 0.3) is 10.2 Å². The molecule has 0 atom stereocenters. The number of rotatable bonds is 6. The Bertz CT molecular complexity index is 1150. The molecule has 4 aromatic rings. The van der Waals surface area contributed by atoms with Crippen molar-refractivity contribution in [2.45, 2.75) is 26.7 Å². The van der Waals surface area contributed by atoms with Crippen molar-refractivity contribution in [3.63, 3.8) is 0 Å². The Morgan fingerprint density at radius 3 is 2.55 bits per heavy atom. The van der Waals surface area contributed by atoms with Crippen LogP contribution in [0.5, 0.6) is 0 Å². The molecule has 2 heterocycles. The third-order valence-electron chi connectivity index (χ3n) is 4.49. The molecular formula is C23H22N4OS. The lowest BCUT2D eigenvalue weighted by Gasteiger charge is -2.11. The van der Waals surface area contributed by atoms with E-state index >= 15 is 0 Å². The van der Waals surface area contributed by atoms with Crippen LogP contribution in [0.1, 0.15) is 30.1 Å². The zero-order chi connectivity index (χ0) is 20.2. The second-order valence-electron chi connectivity index (χ2n) is 6.82. The van der Waals surface area contributed by atoms with Gasteiger partial charge < -0.3 is 10.6 Å². The minimum atomic E-state index is -0.0952. The molecule has 146 valence electrons. The first kappa shape index (κ1) is 19.1. The van der Waals surface area contributed by atoms with Gasteiger partial charge in [-0.3, -0.25) is 4.79 Å². The number of hydrogen-bond donors (Lipinski definition) is 2. The van der Waals surface area contributed by atoms with E-state index in [1.807, 2.05) is 42.5 Å². The molecule has 2 N–H and O–H groups in total. The topological polar surface area (TPSA) is 66.9 Å². The molecule has 29 heavy (non-hydrogen) atoms. The molecule has 0 aliphatic rings. The average Bonchev–Trinajstić information content (AvgIpc) is 3.12. The summed E-state index contributed by atoms with van der Waals surface area (Å²) in [6, 6.07) is 20.0. The molecule has 0 aliphatic carbocycles. The summed E-state index contributed by atoms with van der Waals surface area (Å²) in [6.07, 6.45) is 1.64. The molecule has 6 heteroatoms. The molecule has 0 unspecified atom stereocenters. The van der Waals surface area contributed by atoms with Crippen LogP contribution in [0.2, 0.25) is 0 Å². The van der Waals surface area contributed by atoms with Gasteiger partial charge in [0.05, 0.1) is 5.39 Å². The first-order chi connectivity index (χ1) is 14.1. The number of thiophene rings is 1. The summed E-state index contributed by atoms with van der Waals surface area (Å²) in [5.74, 6) is 1.48. The largest absolute Gasteiger partial charge is 0.340 e. The van der Waals surface area contributed by atoms with Gasteiger partial charge >= 0.3 is 0 Å². The molecule has 0 spiro atoms. The van der Waals surface area contributed by atoms with E-state index in [-0.39, 0.29) is 5.91 Å². The lowest BCUT2D eigenvalue weighted by molar-refractivity contribution is -0.114. The van der Waals surface area contributed by atoms with Gasteiger partial charge in [-0.1, -0.05) is 43.3 Å². The van der Waals surface area contributed by atoms with Crippen molar-refractivity contribution in [1.82, 2.24) is 9.97 Å². The quantitative estimate of drug-likeness (QED) is 0.444. The van der Waals surface area contributed by atoms with E-state index in [0.29, 0.717) is 6.42 Å². The van der Waals surface area contributed by atoms with Crippen molar-refractivity contribution < 1.29 is 4.79 Å². The lowest BCUT2D eigenvalue weighted by Crippen LogP contribution is -2.06. The number of benzene rings is 2. The molecule has 0 bridgehead atoms. The van der Waals surface area contributed by atoms with Crippen LogP contribution in [-0.4, -0.2) is 15.9 Å². The Labute approximate surface area is 173 Å². The fourth-order valence-corrected chi connectivity index (χ4v) is 4.14. The Kier molecular flexibility index (Phi) is 5.53. The predicted molar refractivity (Wildman–Crippen MR) is 120 cm³/mol. The number of amides is 1. The van der Waals surface area contributed by atoms with Crippen molar-refractivity contribution in [1.29, 1.82) is 0 Å². The smallest absolute Gasteiger partial charge is 0.221 e. The number of carbonyl (C=O) groups excluding carboxylic acids is 1. The van der Waals surface area contributed by atoms with E-state index in [4.69, 9.17) is 9.97 Å². The second kappa shape index (κ2) is 8.41. The summed E-state index contributed by atoms with van der Waals surface area (Å²) in [7, 11) is 0. The first-order valence-corrected chi connectivity index (χ1v) is 10.4. The number of fused-ring (bicyclic) bond motifs is 1. The third kappa shape index (κ3) is 4.60. The van der Waals surface area contributed by atoms with Crippen LogP contribution in [0.3, 0.4) is 0 Å². The van der Waals surface area contributed by atoms with Gasteiger partial charge in [0.1, 0.15) is 16.5 Å². The van der Waals surface area contributed by atoms with Gasteiger partial charge in [0.2, 0.25) is 5.91 Å². The zero-order valence-electron chi connectivity index (χ0n) is 16.4. The number of aryl methyl sites for hydroxylation is 1. The standard InChI is InChI=1S/C23H22N4OS/c1-3-19-14-20-22(25-18-11-7-10-17(13-18)24-15(2)28)26-21(27-23(20)29-19)12-16-8-5-4-6-9-16/h4-11,13-14H,3,12H2,1-2H3,(H,24,28)(H,25,26,27). The maximum absolute atomic E-state index is 11.4. The fourth-order valence-electron chi connectivity index (χ4n) is 3.16. The summed E-state index contributed by atoms with van der Waals surface area (Å²) < 4.78 is 0. The highest BCUT2D eigenvalue weighted by atomic mass is 32.1.